The monoisotopic (exact) mass is 355 g/mol. The standard InChI is InChI=1S/C21H25NO4/c1-4-25-21(24)19(14-17-8-6-5-7-9-17)22-20(23)16(3)26-18-12-10-15(2)11-13-18/h5-13,16,19H,4,14H2,1-3H3,(H,22,23). The van der Waals surface area contributed by atoms with Crippen molar-refractivity contribution in [3.63, 3.8) is 0 Å². The number of ether oxygens (including phenoxy) is 2. The molecule has 0 aliphatic heterocycles. The van der Waals surface area contributed by atoms with Gasteiger partial charge < -0.3 is 14.8 Å². The Kier molecular flexibility index (Phi) is 7.21. The Bertz CT molecular complexity index is 713. The first-order chi connectivity index (χ1) is 12.5. The van der Waals surface area contributed by atoms with Gasteiger partial charge in [0, 0.05) is 6.42 Å². The molecule has 2 aromatic carbocycles. The molecule has 0 aliphatic rings. The molecule has 1 amide bonds. The summed E-state index contributed by atoms with van der Waals surface area (Å²) in [4.78, 5) is 24.7. The maximum absolute atomic E-state index is 12.5. The predicted octanol–water partition coefficient (Wildman–Crippen LogP) is 3.05. The van der Waals surface area contributed by atoms with Gasteiger partial charge >= 0.3 is 5.97 Å². The summed E-state index contributed by atoms with van der Waals surface area (Å²) in [6.07, 6.45) is -0.367. The Balaban J connectivity index is 2.01. The first-order valence-corrected chi connectivity index (χ1v) is 8.74. The van der Waals surface area contributed by atoms with Gasteiger partial charge in [-0.3, -0.25) is 4.79 Å². The van der Waals surface area contributed by atoms with Crippen molar-refractivity contribution in [3.05, 3.63) is 65.7 Å². The fraction of sp³-hybridized carbons (Fsp3) is 0.333. The van der Waals surface area contributed by atoms with Crippen LogP contribution in [0.25, 0.3) is 0 Å². The second kappa shape index (κ2) is 9.61. The molecule has 2 unspecified atom stereocenters. The molecule has 0 spiro atoms. The lowest BCUT2D eigenvalue weighted by Crippen LogP contribution is -2.48. The zero-order valence-corrected chi connectivity index (χ0v) is 15.4. The number of carbonyl (C=O) groups is 2. The second-order valence-corrected chi connectivity index (χ2v) is 6.08. The first-order valence-electron chi connectivity index (χ1n) is 8.74. The van der Waals surface area contributed by atoms with Crippen LogP contribution in [0.3, 0.4) is 0 Å². The van der Waals surface area contributed by atoms with Crippen LogP contribution in [0.5, 0.6) is 5.75 Å². The number of nitrogens with one attached hydrogen (secondary N) is 1. The van der Waals surface area contributed by atoms with E-state index in [1.165, 1.54) is 0 Å². The van der Waals surface area contributed by atoms with Crippen LogP contribution in [0.15, 0.2) is 54.6 Å². The number of rotatable bonds is 8. The Morgan fingerprint density at radius 2 is 1.69 bits per heavy atom. The summed E-state index contributed by atoms with van der Waals surface area (Å²) in [6.45, 7) is 5.63. The number of aryl methyl sites for hydroxylation is 1. The SMILES string of the molecule is CCOC(=O)C(Cc1ccccc1)NC(=O)C(C)Oc1ccc(C)cc1. The lowest BCUT2D eigenvalue weighted by Gasteiger charge is -2.20. The largest absolute Gasteiger partial charge is 0.481 e. The molecule has 138 valence electrons. The minimum absolute atomic E-state index is 0.259. The molecule has 0 saturated heterocycles. The topological polar surface area (TPSA) is 64.6 Å². The maximum atomic E-state index is 12.5. The highest BCUT2D eigenvalue weighted by molar-refractivity contribution is 5.87. The third-order valence-corrected chi connectivity index (χ3v) is 3.87. The van der Waals surface area contributed by atoms with Crippen molar-refractivity contribution in [2.45, 2.75) is 39.3 Å². The van der Waals surface area contributed by atoms with Crippen LogP contribution in [-0.4, -0.2) is 30.6 Å². The third kappa shape index (κ3) is 5.92. The Labute approximate surface area is 154 Å². The fourth-order valence-corrected chi connectivity index (χ4v) is 2.45. The zero-order chi connectivity index (χ0) is 18.9. The molecule has 5 heteroatoms. The van der Waals surface area contributed by atoms with E-state index in [-0.39, 0.29) is 12.5 Å². The number of benzene rings is 2. The summed E-state index contributed by atoms with van der Waals surface area (Å²) < 4.78 is 10.8. The van der Waals surface area contributed by atoms with Crippen molar-refractivity contribution in [2.75, 3.05) is 6.61 Å². The molecule has 0 saturated carbocycles. The van der Waals surface area contributed by atoms with E-state index in [2.05, 4.69) is 5.32 Å². The van der Waals surface area contributed by atoms with Crippen molar-refractivity contribution >= 4 is 11.9 Å². The summed E-state index contributed by atoms with van der Waals surface area (Å²) in [6, 6.07) is 16.2. The van der Waals surface area contributed by atoms with E-state index in [1.54, 1.807) is 13.8 Å². The number of hydrogen-bond acceptors (Lipinski definition) is 4. The van der Waals surface area contributed by atoms with Gasteiger partial charge in [-0.05, 0) is 38.5 Å². The van der Waals surface area contributed by atoms with Crippen LogP contribution >= 0.6 is 0 Å². The summed E-state index contributed by atoms with van der Waals surface area (Å²) >= 11 is 0. The second-order valence-electron chi connectivity index (χ2n) is 6.08. The zero-order valence-electron chi connectivity index (χ0n) is 15.4. The van der Waals surface area contributed by atoms with Gasteiger partial charge in [-0.2, -0.15) is 0 Å². The Hall–Kier alpha value is -2.82. The van der Waals surface area contributed by atoms with Gasteiger partial charge in [0.15, 0.2) is 6.10 Å². The van der Waals surface area contributed by atoms with E-state index in [0.29, 0.717) is 12.2 Å². The molecule has 2 atom stereocenters. The summed E-state index contributed by atoms with van der Waals surface area (Å²) in [5.74, 6) is -0.208. The number of esters is 1. The average molecular weight is 355 g/mol. The van der Waals surface area contributed by atoms with Crippen LogP contribution in [0, 0.1) is 6.92 Å². The molecule has 0 aliphatic carbocycles. The summed E-state index contributed by atoms with van der Waals surface area (Å²) in [5, 5.41) is 2.74. The fourth-order valence-electron chi connectivity index (χ4n) is 2.45. The van der Waals surface area contributed by atoms with E-state index in [9.17, 15) is 9.59 Å². The molecule has 2 rings (SSSR count). The Morgan fingerprint density at radius 1 is 1.04 bits per heavy atom. The third-order valence-electron chi connectivity index (χ3n) is 3.87. The highest BCUT2D eigenvalue weighted by Crippen LogP contribution is 2.13. The maximum Gasteiger partial charge on any atom is 0.328 e. The molecular formula is C21H25NO4. The molecule has 2 aromatic rings. The molecule has 0 heterocycles. The van der Waals surface area contributed by atoms with Crippen LogP contribution in [0.2, 0.25) is 0 Å². The van der Waals surface area contributed by atoms with E-state index in [0.717, 1.165) is 11.1 Å². The van der Waals surface area contributed by atoms with Gasteiger partial charge in [-0.25, -0.2) is 4.79 Å². The van der Waals surface area contributed by atoms with Crippen molar-refractivity contribution in [1.82, 2.24) is 5.32 Å². The molecular weight excluding hydrogens is 330 g/mol. The predicted molar refractivity (Wildman–Crippen MR) is 100.0 cm³/mol. The first kappa shape index (κ1) is 19.5. The average Bonchev–Trinajstić information content (AvgIpc) is 2.64. The minimum Gasteiger partial charge on any atom is -0.481 e. The number of amides is 1. The molecule has 26 heavy (non-hydrogen) atoms. The molecule has 0 radical (unpaired) electrons. The van der Waals surface area contributed by atoms with Gasteiger partial charge in [-0.15, -0.1) is 0 Å². The van der Waals surface area contributed by atoms with Crippen LogP contribution in [0.1, 0.15) is 25.0 Å². The minimum atomic E-state index is -0.756. The summed E-state index contributed by atoms with van der Waals surface area (Å²) in [5.41, 5.74) is 2.05. The van der Waals surface area contributed by atoms with Crippen LogP contribution in [0.4, 0.5) is 0 Å². The highest BCUT2D eigenvalue weighted by Gasteiger charge is 2.25. The van der Waals surface area contributed by atoms with Gasteiger partial charge in [0.1, 0.15) is 11.8 Å². The summed E-state index contributed by atoms with van der Waals surface area (Å²) in [7, 11) is 0. The van der Waals surface area contributed by atoms with Gasteiger partial charge in [0.2, 0.25) is 0 Å². The Morgan fingerprint density at radius 3 is 2.31 bits per heavy atom. The molecule has 0 bridgehead atoms. The molecule has 0 fully saturated rings. The van der Waals surface area contributed by atoms with Crippen molar-refractivity contribution in [3.8, 4) is 5.75 Å². The number of carbonyl (C=O) groups excluding carboxylic acids is 2. The molecule has 0 aromatic heterocycles. The molecule has 5 nitrogen and oxygen atoms in total. The van der Waals surface area contributed by atoms with E-state index < -0.39 is 18.1 Å². The number of hydrogen-bond donors (Lipinski definition) is 1. The van der Waals surface area contributed by atoms with E-state index >= 15 is 0 Å². The van der Waals surface area contributed by atoms with Crippen molar-refractivity contribution in [2.24, 2.45) is 0 Å². The van der Waals surface area contributed by atoms with E-state index in [4.69, 9.17) is 9.47 Å². The highest BCUT2D eigenvalue weighted by atomic mass is 16.5. The quantitative estimate of drug-likeness (QED) is 0.739. The van der Waals surface area contributed by atoms with Gasteiger partial charge in [-0.1, -0.05) is 48.0 Å². The normalized spacial score (nSPS) is 12.7. The van der Waals surface area contributed by atoms with E-state index in [1.807, 2.05) is 61.5 Å². The van der Waals surface area contributed by atoms with Crippen molar-refractivity contribution < 1.29 is 19.1 Å². The van der Waals surface area contributed by atoms with Crippen molar-refractivity contribution in [1.29, 1.82) is 0 Å². The van der Waals surface area contributed by atoms with Gasteiger partial charge in [0.25, 0.3) is 5.91 Å². The van der Waals surface area contributed by atoms with Crippen LogP contribution in [-0.2, 0) is 20.7 Å². The molecule has 1 N–H and O–H groups in total. The lowest BCUT2D eigenvalue weighted by atomic mass is 10.1. The van der Waals surface area contributed by atoms with Gasteiger partial charge in [0.05, 0.1) is 6.61 Å². The van der Waals surface area contributed by atoms with Crippen LogP contribution < -0.4 is 10.1 Å². The smallest absolute Gasteiger partial charge is 0.328 e. The lowest BCUT2D eigenvalue weighted by molar-refractivity contribution is -0.148.